The molecule has 8 nitrogen and oxygen atoms in total. The third kappa shape index (κ3) is 3.85. The minimum Gasteiger partial charge on any atom is -0.382 e. The van der Waals surface area contributed by atoms with Crippen LogP contribution in [0.3, 0.4) is 0 Å². The number of nitrogens with zero attached hydrogens (tertiary/aromatic N) is 4. The number of pyridine rings is 1. The van der Waals surface area contributed by atoms with E-state index in [0.29, 0.717) is 23.5 Å². The summed E-state index contributed by atoms with van der Waals surface area (Å²) in [6.45, 7) is 6.05. The van der Waals surface area contributed by atoms with Gasteiger partial charge in [0.1, 0.15) is 11.3 Å². The van der Waals surface area contributed by atoms with Crippen LogP contribution in [0.2, 0.25) is 0 Å². The van der Waals surface area contributed by atoms with Crippen LogP contribution in [0.25, 0.3) is 11.2 Å². The second-order valence-electron chi connectivity index (χ2n) is 6.06. The van der Waals surface area contributed by atoms with Gasteiger partial charge in [-0.25, -0.2) is 14.8 Å². The number of aryl methyl sites for hydroxylation is 1. The van der Waals surface area contributed by atoms with Crippen LogP contribution in [-0.4, -0.2) is 31.0 Å². The first-order chi connectivity index (χ1) is 12.1. The number of aromatic nitrogens is 5. The number of nitrogens with two attached hydrogens (primary N) is 1. The predicted octanol–water partition coefficient (Wildman–Crippen LogP) is 1.34. The molecule has 0 saturated heterocycles. The van der Waals surface area contributed by atoms with Gasteiger partial charge >= 0.3 is 5.69 Å². The molecule has 8 heteroatoms. The van der Waals surface area contributed by atoms with E-state index >= 15 is 0 Å². The van der Waals surface area contributed by atoms with Crippen molar-refractivity contribution in [2.24, 2.45) is 0 Å². The highest BCUT2D eigenvalue weighted by atomic mass is 16.1. The number of fused-ring (bicyclic) bond motifs is 1. The molecule has 0 aromatic carbocycles. The molecule has 0 aliphatic heterocycles. The van der Waals surface area contributed by atoms with Gasteiger partial charge in [0.15, 0.2) is 11.5 Å². The highest BCUT2D eigenvalue weighted by Gasteiger charge is 2.13. The van der Waals surface area contributed by atoms with Crippen LogP contribution in [0.1, 0.15) is 36.8 Å². The molecular formula is C17H23N7O. The second kappa shape index (κ2) is 7.43. The zero-order chi connectivity index (χ0) is 17.8. The molecule has 3 aromatic heterocycles. The maximum absolute atomic E-state index is 12.2. The Hall–Kier alpha value is -2.74. The smallest absolute Gasteiger partial charge is 0.328 e. The topological polar surface area (TPSA) is 115 Å². The first-order valence-electron chi connectivity index (χ1n) is 8.45. The molecule has 3 rings (SSSR count). The van der Waals surface area contributed by atoms with Gasteiger partial charge in [0.05, 0.1) is 12.2 Å². The summed E-state index contributed by atoms with van der Waals surface area (Å²) in [4.78, 5) is 27.8. The van der Waals surface area contributed by atoms with Crippen LogP contribution < -0.4 is 16.7 Å². The molecule has 0 unspecified atom stereocenters. The van der Waals surface area contributed by atoms with Gasteiger partial charge in [-0.2, -0.15) is 0 Å². The van der Waals surface area contributed by atoms with Gasteiger partial charge in [0, 0.05) is 12.7 Å². The number of nitrogen functional groups attached to an aromatic ring is 1. The number of hydrogen-bond donors (Lipinski definition) is 3. The average molecular weight is 341 g/mol. The maximum Gasteiger partial charge on any atom is 0.328 e. The predicted molar refractivity (Wildman–Crippen MR) is 97.3 cm³/mol. The first-order valence-corrected chi connectivity index (χ1v) is 8.45. The average Bonchev–Trinajstić information content (AvgIpc) is 2.90. The first kappa shape index (κ1) is 17.1. The number of aromatic amines is 1. The van der Waals surface area contributed by atoms with Crippen molar-refractivity contribution in [1.29, 1.82) is 0 Å². The summed E-state index contributed by atoms with van der Waals surface area (Å²) in [5, 5.41) is 3.38. The number of H-pyrrole nitrogens is 1. The lowest BCUT2D eigenvalue weighted by atomic mass is 10.2. The minimum absolute atomic E-state index is 0.270. The fourth-order valence-corrected chi connectivity index (χ4v) is 2.66. The number of imidazole rings is 1. The fraction of sp³-hybridized carbons (Fsp3) is 0.412. The van der Waals surface area contributed by atoms with E-state index in [-0.39, 0.29) is 11.5 Å². The lowest BCUT2D eigenvalue weighted by Crippen LogP contribution is -2.19. The number of hydrogen-bond acceptors (Lipinski definition) is 6. The summed E-state index contributed by atoms with van der Waals surface area (Å²) in [6, 6.07) is 3.95. The molecule has 0 bridgehead atoms. The molecule has 0 aliphatic carbocycles. The Morgan fingerprint density at radius 2 is 2.16 bits per heavy atom. The van der Waals surface area contributed by atoms with Crippen LogP contribution in [0.5, 0.6) is 0 Å². The van der Waals surface area contributed by atoms with Crippen molar-refractivity contribution < 1.29 is 0 Å². The molecule has 4 N–H and O–H groups in total. The van der Waals surface area contributed by atoms with E-state index in [1.165, 1.54) is 17.4 Å². The summed E-state index contributed by atoms with van der Waals surface area (Å²) in [6.07, 6.45) is 4.18. The zero-order valence-corrected chi connectivity index (χ0v) is 14.5. The number of unbranched alkanes of at least 4 members (excludes halogenated alkanes) is 1. The van der Waals surface area contributed by atoms with Crippen LogP contribution in [0, 0.1) is 6.92 Å². The quantitative estimate of drug-likeness (QED) is 0.559. The standard InChI is InChI=1S/C17H23N7O/c1-3-4-7-19-8-12-5-6-13(20-9-12)10-24-16-14(23-17(24)25)15(18)21-11(2)22-16/h5-6,9,19H,3-4,7-8,10H2,1-2H3,(H,23,25)(H2,18,21,22). The molecule has 3 heterocycles. The molecule has 0 amide bonds. The van der Waals surface area contributed by atoms with Gasteiger partial charge in [0.2, 0.25) is 0 Å². The molecule has 25 heavy (non-hydrogen) atoms. The molecule has 0 fully saturated rings. The Labute approximate surface area is 145 Å². The van der Waals surface area contributed by atoms with E-state index in [1.54, 1.807) is 6.92 Å². The molecule has 0 radical (unpaired) electrons. The highest BCUT2D eigenvalue weighted by Crippen LogP contribution is 2.14. The SMILES string of the molecule is CCCCNCc1ccc(Cn2c(=O)[nH]c3c(N)nc(C)nc32)nc1. The number of anilines is 1. The largest absolute Gasteiger partial charge is 0.382 e. The van der Waals surface area contributed by atoms with Crippen molar-refractivity contribution in [1.82, 2.24) is 29.8 Å². The van der Waals surface area contributed by atoms with Gasteiger partial charge in [-0.15, -0.1) is 0 Å². The van der Waals surface area contributed by atoms with Gasteiger partial charge in [0.25, 0.3) is 0 Å². The van der Waals surface area contributed by atoms with Crippen molar-refractivity contribution >= 4 is 17.0 Å². The van der Waals surface area contributed by atoms with Gasteiger partial charge < -0.3 is 16.0 Å². The Balaban J connectivity index is 1.77. The van der Waals surface area contributed by atoms with Gasteiger partial charge in [-0.05, 0) is 31.5 Å². The molecule has 0 spiro atoms. The van der Waals surface area contributed by atoms with Crippen molar-refractivity contribution in [3.63, 3.8) is 0 Å². The summed E-state index contributed by atoms with van der Waals surface area (Å²) >= 11 is 0. The van der Waals surface area contributed by atoms with E-state index in [2.05, 4.69) is 32.2 Å². The fourth-order valence-electron chi connectivity index (χ4n) is 2.66. The molecule has 132 valence electrons. The van der Waals surface area contributed by atoms with Crippen molar-refractivity contribution in [2.75, 3.05) is 12.3 Å². The van der Waals surface area contributed by atoms with Crippen LogP contribution in [0.4, 0.5) is 5.82 Å². The zero-order valence-electron chi connectivity index (χ0n) is 14.5. The van der Waals surface area contributed by atoms with Crippen molar-refractivity contribution in [2.45, 2.75) is 39.8 Å². The lowest BCUT2D eigenvalue weighted by molar-refractivity contribution is 0.639. The highest BCUT2D eigenvalue weighted by molar-refractivity contribution is 5.81. The molecule has 3 aromatic rings. The van der Waals surface area contributed by atoms with Crippen LogP contribution in [-0.2, 0) is 13.1 Å². The molecular weight excluding hydrogens is 318 g/mol. The summed E-state index contributed by atoms with van der Waals surface area (Å²) < 4.78 is 1.53. The van der Waals surface area contributed by atoms with Crippen LogP contribution >= 0.6 is 0 Å². The molecule has 0 saturated carbocycles. The van der Waals surface area contributed by atoms with E-state index < -0.39 is 0 Å². The Morgan fingerprint density at radius 1 is 1.32 bits per heavy atom. The normalized spacial score (nSPS) is 11.3. The summed E-state index contributed by atoms with van der Waals surface area (Å²) in [5.74, 6) is 0.805. The number of rotatable bonds is 7. The summed E-state index contributed by atoms with van der Waals surface area (Å²) in [7, 11) is 0. The maximum atomic E-state index is 12.2. The van der Waals surface area contributed by atoms with E-state index in [0.717, 1.165) is 24.3 Å². The van der Waals surface area contributed by atoms with E-state index in [1.807, 2.05) is 18.3 Å². The minimum atomic E-state index is -0.270. The third-order valence-electron chi connectivity index (χ3n) is 4.00. The van der Waals surface area contributed by atoms with Crippen molar-refractivity contribution in [3.05, 3.63) is 45.9 Å². The Morgan fingerprint density at radius 3 is 2.88 bits per heavy atom. The second-order valence-corrected chi connectivity index (χ2v) is 6.06. The third-order valence-corrected chi connectivity index (χ3v) is 4.00. The van der Waals surface area contributed by atoms with Crippen molar-refractivity contribution in [3.8, 4) is 0 Å². The Bertz CT molecular complexity index is 911. The van der Waals surface area contributed by atoms with Gasteiger partial charge in [-0.1, -0.05) is 19.4 Å². The van der Waals surface area contributed by atoms with E-state index in [9.17, 15) is 4.79 Å². The summed E-state index contributed by atoms with van der Waals surface area (Å²) in [5.41, 5.74) is 8.47. The van der Waals surface area contributed by atoms with E-state index in [4.69, 9.17) is 5.73 Å². The lowest BCUT2D eigenvalue weighted by Gasteiger charge is -2.06. The molecule has 0 atom stereocenters. The van der Waals surface area contributed by atoms with Gasteiger partial charge in [-0.3, -0.25) is 9.55 Å². The Kier molecular flexibility index (Phi) is 5.08. The van der Waals surface area contributed by atoms with Crippen LogP contribution in [0.15, 0.2) is 23.1 Å². The monoisotopic (exact) mass is 341 g/mol. The number of nitrogens with one attached hydrogen (secondary N) is 2. The molecule has 0 aliphatic rings.